The van der Waals surface area contributed by atoms with Crippen LogP contribution in [-0.2, 0) is 14.4 Å². The van der Waals surface area contributed by atoms with Crippen LogP contribution in [0.5, 0.6) is 5.75 Å². The zero-order chi connectivity index (χ0) is 21.4. The molecule has 1 N–H and O–H groups in total. The summed E-state index contributed by atoms with van der Waals surface area (Å²) in [5.74, 6) is 0.963. The van der Waals surface area contributed by atoms with Crippen molar-refractivity contribution in [3.05, 3.63) is 24.3 Å². The number of carbonyl (C=O) groups excluding carboxylic acids is 3. The minimum absolute atomic E-state index is 0.0126. The molecule has 1 aromatic rings. The van der Waals surface area contributed by atoms with Crippen LogP contribution in [0.15, 0.2) is 24.3 Å². The van der Waals surface area contributed by atoms with E-state index in [-0.39, 0.29) is 51.0 Å². The molecule has 6 nitrogen and oxygen atoms in total. The van der Waals surface area contributed by atoms with Crippen LogP contribution in [-0.4, -0.2) is 45.9 Å². The highest BCUT2D eigenvalue weighted by atomic mass is 79.9. The first-order chi connectivity index (χ1) is 14.4. The van der Waals surface area contributed by atoms with Crippen molar-refractivity contribution in [2.24, 2.45) is 23.7 Å². The maximum atomic E-state index is 12.9. The van der Waals surface area contributed by atoms with Gasteiger partial charge in [0.2, 0.25) is 17.7 Å². The molecule has 2 saturated carbocycles. The number of ether oxygens (including phenoxy) is 1. The number of hydrogen-bond donors (Lipinski definition) is 1. The van der Waals surface area contributed by atoms with Crippen molar-refractivity contribution in [1.82, 2.24) is 4.90 Å². The molecule has 3 amide bonds. The molecule has 2 aliphatic carbocycles. The molecule has 0 radical (unpaired) electrons. The number of amides is 3. The number of likely N-dealkylation sites (tertiary alicyclic amines) is 1. The van der Waals surface area contributed by atoms with Crippen molar-refractivity contribution in [3.8, 4) is 5.75 Å². The lowest BCUT2D eigenvalue weighted by atomic mass is 9.81. The van der Waals surface area contributed by atoms with Crippen molar-refractivity contribution in [3.63, 3.8) is 0 Å². The van der Waals surface area contributed by atoms with Crippen molar-refractivity contribution < 1.29 is 19.1 Å². The zero-order valence-corrected chi connectivity index (χ0v) is 20.0. The van der Waals surface area contributed by atoms with Crippen molar-refractivity contribution >= 4 is 55.3 Å². The number of unbranched alkanes of at least 4 members (excludes halogenated alkanes) is 2. The number of methoxy groups -OCH3 is 1. The Bertz CT molecular complexity index is 799. The third-order valence-electron chi connectivity index (χ3n) is 6.74. The summed E-state index contributed by atoms with van der Waals surface area (Å²) in [5, 5.41) is 2.87. The number of imide groups is 1. The van der Waals surface area contributed by atoms with E-state index in [0.29, 0.717) is 13.0 Å². The number of nitrogens with one attached hydrogen (secondary N) is 1. The molecule has 1 saturated heterocycles. The summed E-state index contributed by atoms with van der Waals surface area (Å²) >= 11 is 7.42. The van der Waals surface area contributed by atoms with Crippen molar-refractivity contribution in [2.75, 3.05) is 19.0 Å². The SMILES string of the molecule is COc1ccc(NC(=O)CCCCCN2C(=O)[C@@H]3[C@@H]4C[C@@H]([C@@H](Br)[C@@H]4Br)[C@@H]3C2=O)cc1. The zero-order valence-electron chi connectivity index (χ0n) is 16.9. The Morgan fingerprint density at radius 2 is 1.63 bits per heavy atom. The van der Waals surface area contributed by atoms with Gasteiger partial charge in [0, 0.05) is 28.3 Å². The first-order valence-corrected chi connectivity index (χ1v) is 12.3. The van der Waals surface area contributed by atoms with Crippen LogP contribution < -0.4 is 10.1 Å². The standard InChI is InChI=1S/C22H26Br2N2O4/c1-30-13-8-6-12(7-9-13)25-16(27)5-3-2-4-10-26-21(28)17-14-11-15(18(17)22(26)29)20(24)19(14)23/h6-9,14-15,17-20H,2-5,10-11H2,1H3,(H,25,27)/t14-,15+,17+,18-,19-,20-/m1/s1. The topological polar surface area (TPSA) is 75.7 Å². The monoisotopic (exact) mass is 540 g/mol. The van der Waals surface area contributed by atoms with Gasteiger partial charge >= 0.3 is 0 Å². The lowest BCUT2D eigenvalue weighted by molar-refractivity contribution is -0.140. The minimum atomic E-state index is -0.143. The van der Waals surface area contributed by atoms with E-state index < -0.39 is 0 Å². The summed E-state index contributed by atoms with van der Waals surface area (Å²) in [6.45, 7) is 0.462. The number of halogens is 2. The van der Waals surface area contributed by atoms with Crippen LogP contribution >= 0.6 is 31.9 Å². The molecule has 4 rings (SSSR count). The number of anilines is 1. The van der Waals surface area contributed by atoms with Gasteiger partial charge < -0.3 is 10.1 Å². The second-order valence-corrected chi connectivity index (χ2v) is 10.5. The third kappa shape index (κ3) is 3.93. The van der Waals surface area contributed by atoms with Gasteiger partial charge in [-0.3, -0.25) is 19.3 Å². The Labute approximate surface area is 193 Å². The second-order valence-electron chi connectivity index (χ2n) is 8.42. The number of alkyl halides is 2. The molecule has 2 bridgehead atoms. The molecule has 3 fully saturated rings. The van der Waals surface area contributed by atoms with E-state index in [0.717, 1.165) is 37.1 Å². The van der Waals surface area contributed by atoms with Gasteiger partial charge in [0.1, 0.15) is 5.75 Å². The van der Waals surface area contributed by atoms with Crippen LogP contribution in [0, 0.1) is 23.7 Å². The summed E-state index contributed by atoms with van der Waals surface area (Å²) in [5.41, 5.74) is 0.741. The fourth-order valence-corrected chi connectivity index (χ4v) is 7.13. The summed E-state index contributed by atoms with van der Waals surface area (Å²) in [6.07, 6.45) is 3.63. The van der Waals surface area contributed by atoms with Gasteiger partial charge in [-0.25, -0.2) is 0 Å². The van der Waals surface area contributed by atoms with Crippen LogP contribution in [0.1, 0.15) is 32.1 Å². The molecule has 30 heavy (non-hydrogen) atoms. The molecular weight excluding hydrogens is 516 g/mol. The Morgan fingerprint density at radius 1 is 1.03 bits per heavy atom. The normalized spacial score (nSPS) is 31.9. The average molecular weight is 542 g/mol. The lowest BCUT2D eigenvalue weighted by Gasteiger charge is -2.28. The predicted octanol–water partition coefficient (Wildman–Crippen LogP) is 3.97. The number of hydrogen-bond acceptors (Lipinski definition) is 4. The molecule has 1 aliphatic heterocycles. The molecule has 1 heterocycles. The van der Waals surface area contributed by atoms with E-state index in [9.17, 15) is 14.4 Å². The molecule has 162 valence electrons. The Kier molecular flexibility index (Phi) is 6.53. The van der Waals surface area contributed by atoms with E-state index in [1.165, 1.54) is 4.90 Å². The quantitative estimate of drug-likeness (QED) is 0.307. The molecule has 0 spiro atoms. The second kappa shape index (κ2) is 8.99. The number of benzene rings is 1. The molecule has 1 aromatic carbocycles. The molecule has 8 heteroatoms. The fourth-order valence-electron chi connectivity index (χ4n) is 5.26. The number of nitrogens with zero attached hydrogens (tertiary/aromatic N) is 1. The molecule has 0 unspecified atom stereocenters. The first-order valence-electron chi connectivity index (χ1n) is 10.5. The highest BCUT2D eigenvalue weighted by molar-refractivity contribution is 9.12. The largest absolute Gasteiger partial charge is 0.497 e. The summed E-state index contributed by atoms with van der Waals surface area (Å²) in [6, 6.07) is 7.22. The first kappa shape index (κ1) is 21.8. The molecule has 6 atom stereocenters. The van der Waals surface area contributed by atoms with Gasteiger partial charge in [0.15, 0.2) is 0 Å². The summed E-state index contributed by atoms with van der Waals surface area (Å²) in [4.78, 5) is 39.8. The average Bonchev–Trinajstić information content (AvgIpc) is 3.34. The van der Waals surface area contributed by atoms with Crippen molar-refractivity contribution in [1.29, 1.82) is 0 Å². The summed E-state index contributed by atoms with van der Waals surface area (Å²) in [7, 11) is 1.60. The number of rotatable bonds is 8. The van der Waals surface area contributed by atoms with Crippen LogP contribution in [0.25, 0.3) is 0 Å². The van der Waals surface area contributed by atoms with Gasteiger partial charge in [-0.15, -0.1) is 0 Å². The lowest BCUT2D eigenvalue weighted by Crippen LogP contribution is -2.37. The molecular formula is C22H26Br2N2O4. The maximum absolute atomic E-state index is 12.9. The van der Waals surface area contributed by atoms with E-state index in [1.807, 2.05) is 0 Å². The highest BCUT2D eigenvalue weighted by Crippen LogP contribution is 2.60. The van der Waals surface area contributed by atoms with Crippen LogP contribution in [0.2, 0.25) is 0 Å². The number of fused-ring (bicyclic) bond motifs is 5. The highest BCUT2D eigenvalue weighted by Gasteiger charge is 2.66. The maximum Gasteiger partial charge on any atom is 0.233 e. The Morgan fingerprint density at radius 3 is 2.20 bits per heavy atom. The summed E-state index contributed by atoms with van der Waals surface area (Å²) < 4.78 is 5.10. The minimum Gasteiger partial charge on any atom is -0.497 e. The Balaban J connectivity index is 1.19. The van der Waals surface area contributed by atoms with Gasteiger partial charge in [-0.2, -0.15) is 0 Å². The van der Waals surface area contributed by atoms with E-state index in [4.69, 9.17) is 4.74 Å². The van der Waals surface area contributed by atoms with Gasteiger partial charge in [0.05, 0.1) is 18.9 Å². The van der Waals surface area contributed by atoms with Crippen LogP contribution in [0.4, 0.5) is 5.69 Å². The third-order valence-corrected chi connectivity index (χ3v) is 9.94. The van der Waals surface area contributed by atoms with Gasteiger partial charge in [-0.1, -0.05) is 38.3 Å². The molecule has 3 aliphatic rings. The van der Waals surface area contributed by atoms with E-state index in [1.54, 1.807) is 31.4 Å². The van der Waals surface area contributed by atoms with E-state index >= 15 is 0 Å². The smallest absolute Gasteiger partial charge is 0.233 e. The number of carbonyl (C=O) groups is 3. The van der Waals surface area contributed by atoms with Gasteiger partial charge in [-0.05, 0) is 55.4 Å². The van der Waals surface area contributed by atoms with Crippen molar-refractivity contribution in [2.45, 2.75) is 41.8 Å². The predicted molar refractivity (Wildman–Crippen MR) is 121 cm³/mol. The van der Waals surface area contributed by atoms with Crippen LogP contribution in [0.3, 0.4) is 0 Å². The Hall–Kier alpha value is -1.41. The van der Waals surface area contributed by atoms with Gasteiger partial charge in [0.25, 0.3) is 0 Å². The van der Waals surface area contributed by atoms with E-state index in [2.05, 4.69) is 37.2 Å². The fraction of sp³-hybridized carbons (Fsp3) is 0.591. The molecule has 0 aromatic heterocycles.